The average Bonchev–Trinajstić information content (AvgIpc) is 2.64. The Morgan fingerprint density at radius 3 is 1.50 bits per heavy atom. The van der Waals surface area contributed by atoms with Gasteiger partial charge in [-0.2, -0.15) is 0 Å². The molecular weight excluding hydrogens is 448 g/mol. The molecule has 1 aromatic heterocycles. The van der Waals surface area contributed by atoms with Crippen LogP contribution in [0, 0.1) is 0 Å². The summed E-state index contributed by atoms with van der Waals surface area (Å²) in [5.74, 6) is 1.53. The maximum atomic E-state index is 6.06. The molecule has 0 amide bonds. The molecule has 134 valence electrons. The molecule has 1 heterocycles. The molecule has 2 aromatic carbocycles. The number of rotatable bonds is 6. The Kier molecular flexibility index (Phi) is 7.44. The van der Waals surface area contributed by atoms with Gasteiger partial charge in [-0.05, 0) is 48.5 Å². The molecule has 0 aliphatic heterocycles. The number of halogens is 4. The van der Waals surface area contributed by atoms with Crippen LogP contribution in [0.15, 0.2) is 64.4 Å². The predicted octanol–water partition coefficient (Wildman–Crippen LogP) is 8.28. The van der Waals surface area contributed by atoms with Crippen molar-refractivity contribution < 1.29 is 0 Å². The quantitative estimate of drug-likeness (QED) is 0.343. The van der Waals surface area contributed by atoms with E-state index in [0.29, 0.717) is 20.1 Å². The first-order chi connectivity index (χ1) is 12.5. The molecule has 0 saturated carbocycles. The van der Waals surface area contributed by atoms with Gasteiger partial charge in [-0.25, -0.2) is 0 Å². The minimum Gasteiger partial charge on any atom is -0.256 e. The van der Waals surface area contributed by atoms with Crippen LogP contribution in [0.3, 0.4) is 0 Å². The second-order valence-corrected chi connectivity index (χ2v) is 9.08. The van der Waals surface area contributed by atoms with Gasteiger partial charge in [-0.15, -0.1) is 23.5 Å². The summed E-state index contributed by atoms with van der Waals surface area (Å²) >= 11 is 27.4. The Balaban J connectivity index is 1.60. The van der Waals surface area contributed by atoms with E-state index in [0.717, 1.165) is 32.7 Å². The fourth-order valence-corrected chi connectivity index (χ4v) is 4.54. The van der Waals surface area contributed by atoms with Crippen LogP contribution in [0.4, 0.5) is 0 Å². The highest BCUT2D eigenvalue weighted by Gasteiger charge is 2.05. The summed E-state index contributed by atoms with van der Waals surface area (Å²) in [4.78, 5) is 6.86. The lowest BCUT2D eigenvalue weighted by molar-refractivity contribution is 1.09. The number of hydrogen-bond donors (Lipinski definition) is 0. The SMILES string of the molecule is Clc1ccc(SCc2cccc(CSc3ccc(Cl)c(Cl)c3)n2)cc1Cl. The number of benzene rings is 2. The van der Waals surface area contributed by atoms with Gasteiger partial charge in [0.05, 0.1) is 31.5 Å². The maximum Gasteiger partial charge on any atom is 0.0603 e. The van der Waals surface area contributed by atoms with E-state index in [1.807, 2.05) is 54.6 Å². The third kappa shape index (κ3) is 5.72. The van der Waals surface area contributed by atoms with Crippen LogP contribution in [0.25, 0.3) is 0 Å². The first-order valence-corrected chi connectivity index (χ1v) is 11.1. The topological polar surface area (TPSA) is 12.9 Å². The number of hydrogen-bond acceptors (Lipinski definition) is 3. The first-order valence-electron chi connectivity index (χ1n) is 7.62. The predicted molar refractivity (Wildman–Crippen MR) is 116 cm³/mol. The molecule has 26 heavy (non-hydrogen) atoms. The van der Waals surface area contributed by atoms with E-state index in [-0.39, 0.29) is 0 Å². The van der Waals surface area contributed by atoms with Crippen molar-refractivity contribution in [1.29, 1.82) is 0 Å². The lowest BCUT2D eigenvalue weighted by Crippen LogP contribution is -1.92. The molecule has 0 unspecified atom stereocenters. The molecular formula is C19H13Cl4NS2. The van der Waals surface area contributed by atoms with E-state index in [9.17, 15) is 0 Å². The normalized spacial score (nSPS) is 10.9. The third-order valence-corrected chi connectivity index (χ3v) is 6.95. The molecule has 0 spiro atoms. The van der Waals surface area contributed by atoms with Gasteiger partial charge in [0.2, 0.25) is 0 Å². The molecule has 0 atom stereocenters. The molecule has 0 bridgehead atoms. The van der Waals surface area contributed by atoms with Gasteiger partial charge < -0.3 is 0 Å². The average molecular weight is 461 g/mol. The highest BCUT2D eigenvalue weighted by molar-refractivity contribution is 7.98. The van der Waals surface area contributed by atoms with Crippen LogP contribution in [-0.4, -0.2) is 4.98 Å². The molecule has 0 aliphatic carbocycles. The van der Waals surface area contributed by atoms with Gasteiger partial charge in [0.15, 0.2) is 0 Å². The number of thioether (sulfide) groups is 2. The van der Waals surface area contributed by atoms with Gasteiger partial charge in [-0.3, -0.25) is 4.98 Å². The molecule has 0 radical (unpaired) electrons. The number of aromatic nitrogens is 1. The van der Waals surface area contributed by atoms with E-state index >= 15 is 0 Å². The Labute approximate surface area is 181 Å². The van der Waals surface area contributed by atoms with Crippen molar-refractivity contribution >= 4 is 69.9 Å². The summed E-state index contributed by atoms with van der Waals surface area (Å²) < 4.78 is 0. The highest BCUT2D eigenvalue weighted by atomic mass is 35.5. The second-order valence-electron chi connectivity index (χ2n) is 5.35. The number of pyridine rings is 1. The van der Waals surface area contributed by atoms with Crippen molar-refractivity contribution in [3.63, 3.8) is 0 Å². The summed E-state index contributed by atoms with van der Waals surface area (Å²) in [6, 6.07) is 17.4. The summed E-state index contributed by atoms with van der Waals surface area (Å²) in [6.07, 6.45) is 0. The summed E-state index contributed by atoms with van der Waals surface area (Å²) in [6.45, 7) is 0. The fraction of sp³-hybridized carbons (Fsp3) is 0.105. The van der Waals surface area contributed by atoms with Crippen LogP contribution in [0.1, 0.15) is 11.4 Å². The lowest BCUT2D eigenvalue weighted by Gasteiger charge is -2.06. The zero-order valence-corrected chi connectivity index (χ0v) is 18.0. The van der Waals surface area contributed by atoms with Crippen molar-refractivity contribution in [2.45, 2.75) is 21.3 Å². The van der Waals surface area contributed by atoms with Crippen LogP contribution in [-0.2, 0) is 11.5 Å². The molecule has 7 heteroatoms. The van der Waals surface area contributed by atoms with E-state index in [1.54, 1.807) is 23.5 Å². The van der Waals surface area contributed by atoms with Gasteiger partial charge in [-0.1, -0.05) is 52.5 Å². The molecule has 0 aliphatic rings. The fourth-order valence-electron chi connectivity index (χ4n) is 2.14. The van der Waals surface area contributed by atoms with E-state index in [1.165, 1.54) is 0 Å². The zero-order chi connectivity index (χ0) is 18.5. The summed E-state index contributed by atoms with van der Waals surface area (Å²) in [7, 11) is 0. The largest absolute Gasteiger partial charge is 0.256 e. The Morgan fingerprint density at radius 2 is 1.08 bits per heavy atom. The van der Waals surface area contributed by atoms with Crippen LogP contribution in [0.2, 0.25) is 20.1 Å². The van der Waals surface area contributed by atoms with Crippen LogP contribution < -0.4 is 0 Å². The zero-order valence-electron chi connectivity index (χ0n) is 13.4. The van der Waals surface area contributed by atoms with E-state index in [2.05, 4.69) is 0 Å². The highest BCUT2D eigenvalue weighted by Crippen LogP contribution is 2.31. The minimum atomic E-state index is 0.565. The summed E-state index contributed by atoms with van der Waals surface area (Å²) in [5.41, 5.74) is 2.04. The first kappa shape index (κ1) is 20.2. The second kappa shape index (κ2) is 9.59. The molecule has 0 N–H and O–H groups in total. The van der Waals surface area contributed by atoms with Crippen LogP contribution in [0.5, 0.6) is 0 Å². The Bertz CT molecular complexity index is 847. The van der Waals surface area contributed by atoms with E-state index < -0.39 is 0 Å². The molecule has 3 rings (SSSR count). The van der Waals surface area contributed by atoms with Gasteiger partial charge in [0, 0.05) is 21.3 Å². The van der Waals surface area contributed by atoms with Crippen molar-refractivity contribution in [3.05, 3.63) is 86.1 Å². The monoisotopic (exact) mass is 459 g/mol. The van der Waals surface area contributed by atoms with Crippen molar-refractivity contribution in [2.75, 3.05) is 0 Å². The molecule has 0 fully saturated rings. The van der Waals surface area contributed by atoms with Crippen molar-refractivity contribution in [3.8, 4) is 0 Å². The lowest BCUT2D eigenvalue weighted by atomic mass is 10.3. The van der Waals surface area contributed by atoms with Gasteiger partial charge in [0.25, 0.3) is 0 Å². The smallest absolute Gasteiger partial charge is 0.0603 e. The van der Waals surface area contributed by atoms with Gasteiger partial charge in [0.1, 0.15) is 0 Å². The third-order valence-electron chi connectivity index (χ3n) is 3.42. The molecule has 0 saturated heterocycles. The van der Waals surface area contributed by atoms with Crippen molar-refractivity contribution in [1.82, 2.24) is 4.98 Å². The standard InChI is InChI=1S/C19H13Cl4NS2/c20-16-6-4-14(8-18(16)22)25-10-12-2-1-3-13(24-12)11-26-15-5-7-17(21)19(23)9-15/h1-9H,10-11H2. The van der Waals surface area contributed by atoms with Crippen LogP contribution >= 0.6 is 69.9 Å². The summed E-state index contributed by atoms with van der Waals surface area (Å²) in [5, 5.41) is 2.26. The van der Waals surface area contributed by atoms with E-state index in [4.69, 9.17) is 51.4 Å². The Hall–Kier alpha value is -0.550. The molecule has 3 aromatic rings. The van der Waals surface area contributed by atoms with Crippen molar-refractivity contribution in [2.24, 2.45) is 0 Å². The maximum absolute atomic E-state index is 6.06. The Morgan fingerprint density at radius 1 is 0.615 bits per heavy atom. The molecule has 1 nitrogen and oxygen atoms in total. The van der Waals surface area contributed by atoms with Gasteiger partial charge >= 0.3 is 0 Å². The minimum absolute atomic E-state index is 0.565. The number of nitrogens with zero attached hydrogens (tertiary/aromatic N) is 1.